The molecule has 1 fully saturated rings. The molecule has 0 bridgehead atoms. The third-order valence-corrected chi connectivity index (χ3v) is 5.52. The molecule has 24 heavy (non-hydrogen) atoms. The number of H-pyrrole nitrogens is 1. The lowest BCUT2D eigenvalue weighted by atomic mass is 9.95. The van der Waals surface area contributed by atoms with Gasteiger partial charge in [0.25, 0.3) is 0 Å². The number of amides is 2. The Kier molecular flexibility index (Phi) is 4.84. The molecule has 0 saturated carbocycles. The number of nitrogens with one attached hydrogen (secondary N) is 2. The number of nitrogens with zero attached hydrogens (tertiary/aromatic N) is 4. The monoisotopic (exact) mass is 348 g/mol. The minimum absolute atomic E-state index is 0.00983. The Morgan fingerprint density at radius 1 is 1.46 bits per heavy atom. The van der Waals surface area contributed by atoms with Crippen LogP contribution >= 0.6 is 11.3 Å². The Labute approximate surface area is 145 Å². The zero-order chi connectivity index (χ0) is 17.2. The Morgan fingerprint density at radius 3 is 2.96 bits per heavy atom. The summed E-state index contributed by atoms with van der Waals surface area (Å²) in [6.07, 6.45) is 3.85. The summed E-state index contributed by atoms with van der Waals surface area (Å²) in [7, 11) is 0. The second-order valence-corrected chi connectivity index (χ2v) is 8.27. The zero-order valence-electron chi connectivity index (χ0n) is 14.4. The summed E-state index contributed by atoms with van der Waals surface area (Å²) in [4.78, 5) is 14.3. The van der Waals surface area contributed by atoms with Gasteiger partial charge in [-0.15, -0.1) is 10.2 Å². The van der Waals surface area contributed by atoms with Gasteiger partial charge in [-0.2, -0.15) is 5.10 Å². The molecule has 1 saturated heterocycles. The highest BCUT2D eigenvalue weighted by molar-refractivity contribution is 7.11. The van der Waals surface area contributed by atoms with E-state index in [9.17, 15) is 4.79 Å². The molecule has 3 rings (SSSR count). The van der Waals surface area contributed by atoms with Gasteiger partial charge in [-0.3, -0.25) is 5.10 Å². The zero-order valence-corrected chi connectivity index (χ0v) is 15.2. The van der Waals surface area contributed by atoms with Crippen LogP contribution in [-0.4, -0.2) is 44.4 Å². The van der Waals surface area contributed by atoms with E-state index in [0.29, 0.717) is 12.5 Å². The molecule has 1 unspecified atom stereocenters. The van der Waals surface area contributed by atoms with Crippen LogP contribution in [0.1, 0.15) is 55.2 Å². The normalized spacial score (nSPS) is 18.6. The molecule has 0 radical (unpaired) electrons. The Bertz CT molecular complexity index is 675. The van der Waals surface area contributed by atoms with Crippen LogP contribution in [-0.2, 0) is 12.0 Å². The molecule has 130 valence electrons. The van der Waals surface area contributed by atoms with Gasteiger partial charge in [-0.1, -0.05) is 32.1 Å². The number of urea groups is 1. The number of aromatic nitrogens is 4. The minimum Gasteiger partial charge on any atom is -0.331 e. The SMILES string of the molecule is CC(C)(C)c1nnc(CNC(=O)N2CCCC(c3ccn[nH]3)C2)s1. The van der Waals surface area contributed by atoms with Crippen molar-refractivity contribution in [2.24, 2.45) is 0 Å². The van der Waals surface area contributed by atoms with Crippen molar-refractivity contribution in [3.63, 3.8) is 0 Å². The lowest BCUT2D eigenvalue weighted by Gasteiger charge is -2.32. The fraction of sp³-hybridized carbons (Fsp3) is 0.625. The van der Waals surface area contributed by atoms with Crippen molar-refractivity contribution in [2.75, 3.05) is 13.1 Å². The van der Waals surface area contributed by atoms with Gasteiger partial charge in [0.05, 0.1) is 6.54 Å². The first-order chi connectivity index (χ1) is 11.4. The quantitative estimate of drug-likeness (QED) is 0.893. The number of rotatable bonds is 3. The van der Waals surface area contributed by atoms with Crippen molar-refractivity contribution in [3.8, 4) is 0 Å². The summed E-state index contributed by atoms with van der Waals surface area (Å²) in [5.74, 6) is 0.334. The number of carbonyl (C=O) groups is 1. The Balaban J connectivity index is 1.54. The van der Waals surface area contributed by atoms with E-state index < -0.39 is 0 Å². The number of aromatic amines is 1. The molecule has 7 nitrogen and oxygen atoms in total. The highest BCUT2D eigenvalue weighted by atomic mass is 32.1. The summed E-state index contributed by atoms with van der Waals surface area (Å²) in [5.41, 5.74) is 1.09. The number of carbonyl (C=O) groups excluding carboxylic acids is 1. The molecular weight excluding hydrogens is 324 g/mol. The second-order valence-electron chi connectivity index (χ2n) is 7.21. The molecule has 2 amide bonds. The third-order valence-electron chi connectivity index (χ3n) is 4.17. The highest BCUT2D eigenvalue weighted by Gasteiger charge is 2.26. The van der Waals surface area contributed by atoms with Crippen LogP contribution in [0, 0.1) is 0 Å². The van der Waals surface area contributed by atoms with Crippen LogP contribution in [0.4, 0.5) is 4.79 Å². The standard InChI is InChI=1S/C16H24N6OS/c1-16(2,3)14-21-20-13(24-14)9-17-15(23)22-8-4-5-11(10-22)12-6-7-18-19-12/h6-7,11H,4-5,8-10H2,1-3H3,(H,17,23)(H,18,19). The van der Waals surface area contributed by atoms with Gasteiger partial charge < -0.3 is 10.2 Å². The van der Waals surface area contributed by atoms with Gasteiger partial charge in [-0.25, -0.2) is 4.79 Å². The molecule has 1 aliphatic rings. The maximum Gasteiger partial charge on any atom is 0.317 e. The third kappa shape index (κ3) is 3.92. The van der Waals surface area contributed by atoms with Gasteiger partial charge in [0.2, 0.25) is 0 Å². The number of hydrogen-bond acceptors (Lipinski definition) is 5. The summed E-state index contributed by atoms with van der Waals surface area (Å²) >= 11 is 1.56. The lowest BCUT2D eigenvalue weighted by molar-refractivity contribution is 0.178. The molecule has 1 atom stereocenters. The van der Waals surface area contributed by atoms with Crippen LogP contribution in [0.25, 0.3) is 0 Å². The molecular formula is C16H24N6OS. The van der Waals surface area contributed by atoms with E-state index >= 15 is 0 Å². The summed E-state index contributed by atoms with van der Waals surface area (Å²) in [5, 5.41) is 20.2. The summed E-state index contributed by atoms with van der Waals surface area (Å²) in [6, 6.07) is 1.95. The smallest absolute Gasteiger partial charge is 0.317 e. The van der Waals surface area contributed by atoms with Crippen LogP contribution in [0.3, 0.4) is 0 Å². The number of piperidine rings is 1. The predicted molar refractivity (Wildman–Crippen MR) is 93.0 cm³/mol. The first kappa shape index (κ1) is 16.9. The van der Waals surface area contributed by atoms with Crippen molar-refractivity contribution in [1.82, 2.24) is 30.6 Å². The van der Waals surface area contributed by atoms with E-state index in [4.69, 9.17) is 0 Å². The van der Waals surface area contributed by atoms with Crippen molar-refractivity contribution in [3.05, 3.63) is 28.0 Å². The van der Waals surface area contributed by atoms with Crippen LogP contribution in [0.2, 0.25) is 0 Å². The molecule has 0 spiro atoms. The Morgan fingerprint density at radius 2 is 2.29 bits per heavy atom. The van der Waals surface area contributed by atoms with Gasteiger partial charge in [0.1, 0.15) is 10.0 Å². The molecule has 3 heterocycles. The van der Waals surface area contributed by atoms with Crippen LogP contribution in [0.5, 0.6) is 0 Å². The fourth-order valence-corrected chi connectivity index (χ4v) is 3.64. The molecule has 1 aliphatic heterocycles. The van der Waals surface area contributed by atoms with Gasteiger partial charge in [-0.05, 0) is 18.9 Å². The van der Waals surface area contributed by atoms with Gasteiger partial charge in [0.15, 0.2) is 0 Å². The number of likely N-dealkylation sites (tertiary alicyclic amines) is 1. The first-order valence-corrected chi connectivity index (χ1v) is 9.10. The van der Waals surface area contributed by atoms with E-state index in [0.717, 1.165) is 41.6 Å². The van der Waals surface area contributed by atoms with E-state index in [-0.39, 0.29) is 11.4 Å². The average molecular weight is 348 g/mol. The van der Waals surface area contributed by atoms with Gasteiger partial charge >= 0.3 is 6.03 Å². The van der Waals surface area contributed by atoms with Crippen LogP contribution in [0.15, 0.2) is 12.3 Å². The topological polar surface area (TPSA) is 86.8 Å². The average Bonchev–Trinajstić information content (AvgIpc) is 3.23. The Hall–Kier alpha value is -1.96. The fourth-order valence-electron chi connectivity index (χ4n) is 2.80. The van der Waals surface area contributed by atoms with Crippen molar-refractivity contribution >= 4 is 17.4 Å². The van der Waals surface area contributed by atoms with E-state index in [1.165, 1.54) is 0 Å². The maximum absolute atomic E-state index is 12.4. The molecule has 0 aromatic carbocycles. The lowest BCUT2D eigenvalue weighted by Crippen LogP contribution is -2.44. The molecule has 0 aliphatic carbocycles. The van der Waals surface area contributed by atoms with Gasteiger partial charge in [0, 0.05) is 36.3 Å². The molecule has 8 heteroatoms. The van der Waals surface area contributed by atoms with Crippen LogP contribution < -0.4 is 5.32 Å². The largest absolute Gasteiger partial charge is 0.331 e. The summed E-state index contributed by atoms with van der Waals surface area (Å²) in [6.45, 7) is 8.27. The van der Waals surface area contributed by atoms with Crippen molar-refractivity contribution < 1.29 is 4.79 Å². The number of hydrogen-bond donors (Lipinski definition) is 2. The first-order valence-electron chi connectivity index (χ1n) is 8.28. The minimum atomic E-state index is -0.0354. The van der Waals surface area contributed by atoms with E-state index in [2.05, 4.69) is 46.5 Å². The van der Waals surface area contributed by atoms with Crippen molar-refractivity contribution in [2.45, 2.75) is 51.5 Å². The molecule has 2 aromatic rings. The second kappa shape index (κ2) is 6.88. The maximum atomic E-state index is 12.4. The summed E-state index contributed by atoms with van der Waals surface area (Å²) < 4.78 is 0. The molecule has 2 aromatic heterocycles. The van der Waals surface area contributed by atoms with Crippen molar-refractivity contribution in [1.29, 1.82) is 0 Å². The highest BCUT2D eigenvalue weighted by Crippen LogP contribution is 2.26. The van der Waals surface area contributed by atoms with E-state index in [1.807, 2.05) is 11.0 Å². The predicted octanol–water partition coefficient (Wildman–Crippen LogP) is 2.65. The molecule has 2 N–H and O–H groups in total. The van der Waals surface area contributed by atoms with E-state index in [1.54, 1.807) is 17.5 Å².